The van der Waals surface area contributed by atoms with Crippen LogP contribution in [-0.2, 0) is 14.3 Å². The molecule has 1 aromatic rings. The van der Waals surface area contributed by atoms with E-state index in [1.54, 1.807) is 0 Å². The van der Waals surface area contributed by atoms with E-state index in [-0.39, 0.29) is 36.2 Å². The highest BCUT2D eigenvalue weighted by Gasteiger charge is 2.26. The van der Waals surface area contributed by atoms with Gasteiger partial charge in [0.1, 0.15) is 12.2 Å². The molecule has 1 aliphatic heterocycles. The Morgan fingerprint density at radius 2 is 2.29 bits per heavy atom. The second-order valence-electron chi connectivity index (χ2n) is 4.36. The van der Waals surface area contributed by atoms with Crippen molar-refractivity contribution in [1.82, 2.24) is 0 Å². The van der Waals surface area contributed by atoms with Crippen LogP contribution in [0.5, 0.6) is 5.75 Å². The number of fused-ring (bicyclic) bond motifs is 1. The Kier molecular flexibility index (Phi) is 3.92. The molecule has 21 heavy (non-hydrogen) atoms. The zero-order chi connectivity index (χ0) is 15.6. The molecule has 1 heterocycles. The topological polar surface area (TPSA) is 111 Å². The van der Waals surface area contributed by atoms with E-state index >= 15 is 0 Å². The summed E-state index contributed by atoms with van der Waals surface area (Å²) >= 11 is 0. The minimum absolute atomic E-state index is 0.162. The van der Waals surface area contributed by atoms with Crippen molar-refractivity contribution in [3.05, 3.63) is 22.2 Å². The number of amides is 1. The van der Waals surface area contributed by atoms with Crippen LogP contribution in [0, 0.1) is 10.1 Å². The largest absolute Gasteiger partial charge is 0.481 e. The minimum atomic E-state index is -0.580. The first-order chi connectivity index (χ1) is 9.92. The Morgan fingerprint density at radius 3 is 2.90 bits per heavy atom. The van der Waals surface area contributed by atoms with Gasteiger partial charge in [-0.15, -0.1) is 0 Å². The van der Waals surface area contributed by atoms with Crippen molar-refractivity contribution in [2.24, 2.45) is 0 Å². The summed E-state index contributed by atoms with van der Waals surface area (Å²) in [4.78, 5) is 34.5. The maximum Gasteiger partial charge on any atom is 0.325 e. The molecule has 0 aromatic heterocycles. The van der Waals surface area contributed by atoms with Gasteiger partial charge in [0.15, 0.2) is 12.4 Å². The fourth-order valence-electron chi connectivity index (χ4n) is 1.90. The van der Waals surface area contributed by atoms with Crippen molar-refractivity contribution in [3.8, 4) is 5.75 Å². The highest BCUT2D eigenvalue weighted by Crippen LogP contribution is 2.39. The van der Waals surface area contributed by atoms with Crippen LogP contribution < -0.4 is 15.0 Å². The van der Waals surface area contributed by atoms with E-state index in [1.807, 2.05) is 0 Å². The molecule has 0 saturated heterocycles. The van der Waals surface area contributed by atoms with Gasteiger partial charge in [-0.1, -0.05) is 0 Å². The van der Waals surface area contributed by atoms with E-state index in [2.05, 4.69) is 10.1 Å². The van der Waals surface area contributed by atoms with E-state index in [0.29, 0.717) is 5.69 Å². The molecule has 1 amide bonds. The van der Waals surface area contributed by atoms with Crippen LogP contribution in [0.2, 0.25) is 0 Å². The maximum atomic E-state index is 11.3. The molecule has 1 aliphatic rings. The molecule has 1 N–H and O–H groups in total. The van der Waals surface area contributed by atoms with Crippen LogP contribution in [0.4, 0.5) is 17.1 Å². The number of esters is 1. The van der Waals surface area contributed by atoms with Crippen LogP contribution in [-0.4, -0.2) is 44.1 Å². The first-order valence-corrected chi connectivity index (χ1v) is 5.95. The Bertz CT molecular complexity index is 615. The molecule has 0 atom stereocenters. The minimum Gasteiger partial charge on any atom is -0.481 e. The molecule has 9 heteroatoms. The van der Waals surface area contributed by atoms with Gasteiger partial charge in [0, 0.05) is 7.05 Å². The Labute approximate surface area is 119 Å². The van der Waals surface area contributed by atoms with Gasteiger partial charge < -0.3 is 19.7 Å². The summed E-state index contributed by atoms with van der Waals surface area (Å²) in [6.45, 7) is -0.355. The van der Waals surface area contributed by atoms with Crippen molar-refractivity contribution < 1.29 is 24.0 Å². The van der Waals surface area contributed by atoms with Crippen LogP contribution in [0.3, 0.4) is 0 Å². The molecule has 0 unspecified atom stereocenters. The van der Waals surface area contributed by atoms with E-state index in [0.717, 1.165) is 0 Å². The molecular weight excluding hydrogens is 282 g/mol. The SMILES string of the molecule is COC(=O)CN(C)c1cc2c(cc1[N+](=O)[O-])OCC(=O)N2. The zero-order valence-electron chi connectivity index (χ0n) is 11.4. The summed E-state index contributed by atoms with van der Waals surface area (Å²) in [5.74, 6) is -0.667. The van der Waals surface area contributed by atoms with Crippen molar-refractivity contribution in [1.29, 1.82) is 0 Å². The summed E-state index contributed by atoms with van der Waals surface area (Å²) in [5, 5.41) is 13.7. The van der Waals surface area contributed by atoms with Crippen molar-refractivity contribution >= 4 is 28.9 Å². The average molecular weight is 295 g/mol. The van der Waals surface area contributed by atoms with E-state index in [9.17, 15) is 19.7 Å². The molecule has 9 nitrogen and oxygen atoms in total. The number of nitrogens with zero attached hydrogens (tertiary/aromatic N) is 2. The Balaban J connectivity index is 2.42. The number of nitrogens with one attached hydrogen (secondary N) is 1. The number of hydrogen-bond acceptors (Lipinski definition) is 7. The van der Waals surface area contributed by atoms with E-state index < -0.39 is 10.9 Å². The van der Waals surface area contributed by atoms with Crippen molar-refractivity contribution in [2.75, 3.05) is 37.5 Å². The molecular formula is C12H13N3O6. The van der Waals surface area contributed by atoms with Crippen molar-refractivity contribution in [2.45, 2.75) is 0 Å². The van der Waals surface area contributed by atoms with Crippen LogP contribution in [0.1, 0.15) is 0 Å². The number of carbonyl (C=O) groups excluding carboxylic acids is 2. The van der Waals surface area contributed by atoms with Gasteiger partial charge in [-0.2, -0.15) is 0 Å². The van der Waals surface area contributed by atoms with Gasteiger partial charge in [-0.3, -0.25) is 19.7 Å². The number of methoxy groups -OCH3 is 1. The third-order valence-electron chi connectivity index (χ3n) is 2.91. The van der Waals surface area contributed by atoms with Crippen LogP contribution in [0.25, 0.3) is 0 Å². The first kappa shape index (κ1) is 14.6. The lowest BCUT2D eigenvalue weighted by Gasteiger charge is -2.22. The molecule has 0 aliphatic carbocycles. The summed E-state index contributed by atoms with van der Waals surface area (Å²) < 4.78 is 9.66. The predicted molar refractivity (Wildman–Crippen MR) is 72.5 cm³/mol. The first-order valence-electron chi connectivity index (χ1n) is 5.95. The monoisotopic (exact) mass is 295 g/mol. The fourth-order valence-corrected chi connectivity index (χ4v) is 1.90. The highest BCUT2D eigenvalue weighted by molar-refractivity contribution is 5.97. The van der Waals surface area contributed by atoms with E-state index in [1.165, 1.54) is 31.2 Å². The molecule has 0 saturated carbocycles. The number of rotatable bonds is 4. The second-order valence-corrected chi connectivity index (χ2v) is 4.36. The summed E-state index contributed by atoms with van der Waals surface area (Å²) in [6, 6.07) is 2.62. The number of anilines is 2. The standard InChI is InChI=1S/C12H13N3O6/c1-14(5-12(17)20-2)8-3-7-10(4-9(8)15(18)19)21-6-11(16)13-7/h3-4H,5-6H2,1-2H3,(H,13,16). The molecule has 0 radical (unpaired) electrons. The lowest BCUT2D eigenvalue weighted by Crippen LogP contribution is -2.28. The summed E-state index contributed by atoms with van der Waals surface area (Å²) in [7, 11) is 2.74. The van der Waals surface area contributed by atoms with E-state index in [4.69, 9.17) is 4.74 Å². The maximum absolute atomic E-state index is 11.3. The molecule has 0 bridgehead atoms. The third-order valence-corrected chi connectivity index (χ3v) is 2.91. The smallest absolute Gasteiger partial charge is 0.325 e. The lowest BCUT2D eigenvalue weighted by molar-refractivity contribution is -0.384. The summed E-state index contributed by atoms with van der Waals surface area (Å²) in [6.07, 6.45) is 0. The Morgan fingerprint density at radius 1 is 1.57 bits per heavy atom. The van der Waals surface area contributed by atoms with Crippen molar-refractivity contribution in [3.63, 3.8) is 0 Å². The molecule has 112 valence electrons. The highest BCUT2D eigenvalue weighted by atomic mass is 16.6. The van der Waals surface area contributed by atoms with Gasteiger partial charge in [-0.25, -0.2) is 0 Å². The van der Waals surface area contributed by atoms with Gasteiger partial charge in [-0.05, 0) is 6.07 Å². The number of likely N-dealkylation sites (N-methyl/N-ethyl adjacent to an activating group) is 1. The number of nitro groups is 1. The molecule has 1 aromatic carbocycles. The number of hydrogen-bond donors (Lipinski definition) is 1. The normalized spacial score (nSPS) is 12.8. The number of ether oxygens (including phenoxy) is 2. The summed E-state index contributed by atoms with van der Waals surface area (Å²) in [5.41, 5.74) is 0.273. The van der Waals surface area contributed by atoms with Gasteiger partial charge in [0.05, 0.1) is 23.8 Å². The Hall–Kier alpha value is -2.84. The predicted octanol–water partition coefficient (Wildman–Crippen LogP) is 0.535. The second kappa shape index (κ2) is 5.65. The molecule has 0 fully saturated rings. The average Bonchev–Trinajstić information content (AvgIpc) is 2.45. The van der Waals surface area contributed by atoms with Gasteiger partial charge in [0.25, 0.3) is 11.6 Å². The lowest BCUT2D eigenvalue weighted by atomic mass is 10.2. The third kappa shape index (κ3) is 3.02. The quantitative estimate of drug-likeness (QED) is 0.490. The van der Waals surface area contributed by atoms with Gasteiger partial charge in [0.2, 0.25) is 0 Å². The number of benzene rings is 1. The zero-order valence-corrected chi connectivity index (χ0v) is 11.4. The number of nitro benzene ring substituents is 1. The van der Waals surface area contributed by atoms with Crippen LogP contribution in [0.15, 0.2) is 12.1 Å². The number of carbonyl (C=O) groups is 2. The van der Waals surface area contributed by atoms with Gasteiger partial charge >= 0.3 is 5.97 Å². The fraction of sp³-hybridized carbons (Fsp3) is 0.333. The molecule has 0 spiro atoms. The van der Waals surface area contributed by atoms with Crippen LogP contribution >= 0.6 is 0 Å². The molecule has 2 rings (SSSR count).